The van der Waals surface area contributed by atoms with E-state index in [4.69, 9.17) is 4.74 Å². The second-order valence-corrected chi connectivity index (χ2v) is 5.80. The monoisotopic (exact) mass is 374 g/mol. The highest BCUT2D eigenvalue weighted by molar-refractivity contribution is 9.10. The van der Waals surface area contributed by atoms with Gasteiger partial charge in [0.2, 0.25) is 0 Å². The van der Waals surface area contributed by atoms with Crippen LogP contribution in [-0.2, 0) is 6.42 Å². The maximum Gasteiger partial charge on any atom is 0.318 e. The number of nitrogens with one attached hydrogen (secondary N) is 2. The van der Waals surface area contributed by atoms with Crippen LogP contribution in [0.15, 0.2) is 59.2 Å². The number of urea groups is 1. The zero-order valence-corrected chi connectivity index (χ0v) is 14.5. The van der Waals surface area contributed by atoms with Gasteiger partial charge in [0, 0.05) is 17.2 Å². The molecule has 0 fully saturated rings. The van der Waals surface area contributed by atoms with Crippen molar-refractivity contribution in [1.29, 1.82) is 0 Å². The van der Waals surface area contributed by atoms with E-state index in [9.17, 15) is 4.79 Å². The number of methoxy groups -OCH3 is 1. The van der Waals surface area contributed by atoms with Crippen LogP contribution in [0.25, 0.3) is 6.08 Å². The Kier molecular flexibility index (Phi) is 6.69. The van der Waals surface area contributed by atoms with Crippen LogP contribution >= 0.6 is 15.9 Å². The normalized spacial score (nSPS) is 10.5. The molecule has 0 bridgehead atoms. The highest BCUT2D eigenvalue weighted by Crippen LogP contribution is 2.13. The molecule has 0 saturated carbocycles. The fraction of sp³-hybridized carbons (Fsp3) is 0.167. The van der Waals surface area contributed by atoms with Crippen LogP contribution in [-0.4, -0.2) is 19.7 Å². The minimum absolute atomic E-state index is 0.221. The summed E-state index contributed by atoms with van der Waals surface area (Å²) in [6, 6.07) is 15.4. The Balaban J connectivity index is 1.72. The molecular formula is C18H19BrN2O2. The lowest BCUT2D eigenvalue weighted by molar-refractivity contribution is 0.244. The SMILES string of the molecule is COc1cccc(/C=C/NC(=O)NCCc2ccc(Br)cc2)c1. The lowest BCUT2D eigenvalue weighted by Crippen LogP contribution is -2.33. The topological polar surface area (TPSA) is 50.4 Å². The highest BCUT2D eigenvalue weighted by atomic mass is 79.9. The smallest absolute Gasteiger partial charge is 0.318 e. The molecule has 2 N–H and O–H groups in total. The average molecular weight is 375 g/mol. The Hall–Kier alpha value is -2.27. The van der Waals surface area contributed by atoms with Gasteiger partial charge in [-0.15, -0.1) is 0 Å². The van der Waals surface area contributed by atoms with Gasteiger partial charge in [0.05, 0.1) is 7.11 Å². The molecule has 0 atom stereocenters. The maximum absolute atomic E-state index is 11.7. The number of ether oxygens (including phenoxy) is 1. The van der Waals surface area contributed by atoms with Gasteiger partial charge in [-0.2, -0.15) is 0 Å². The van der Waals surface area contributed by atoms with Gasteiger partial charge in [-0.3, -0.25) is 0 Å². The Labute approximate surface area is 144 Å². The number of carbonyl (C=O) groups is 1. The number of amides is 2. The molecule has 0 spiro atoms. The van der Waals surface area contributed by atoms with Gasteiger partial charge in [-0.25, -0.2) is 4.79 Å². The Morgan fingerprint density at radius 3 is 2.74 bits per heavy atom. The first-order valence-electron chi connectivity index (χ1n) is 7.27. The summed E-state index contributed by atoms with van der Waals surface area (Å²) in [4.78, 5) is 11.7. The van der Waals surface area contributed by atoms with Gasteiger partial charge in [0.25, 0.3) is 0 Å². The summed E-state index contributed by atoms with van der Waals surface area (Å²) in [6.07, 6.45) is 4.22. The van der Waals surface area contributed by atoms with Crippen LogP contribution in [0.2, 0.25) is 0 Å². The van der Waals surface area contributed by atoms with Crippen LogP contribution in [0.4, 0.5) is 4.79 Å². The molecule has 0 radical (unpaired) electrons. The second kappa shape index (κ2) is 9.00. The molecule has 0 aromatic heterocycles. The van der Waals surface area contributed by atoms with Crippen LogP contribution in [0.5, 0.6) is 5.75 Å². The standard InChI is InChI=1S/C18H19BrN2O2/c1-23-17-4-2-3-15(13-17)10-12-21-18(22)20-11-9-14-5-7-16(19)8-6-14/h2-8,10,12-13H,9,11H2,1H3,(H2,20,21,22)/b12-10+. The lowest BCUT2D eigenvalue weighted by Gasteiger charge is -2.05. The van der Waals surface area contributed by atoms with E-state index >= 15 is 0 Å². The summed E-state index contributed by atoms with van der Waals surface area (Å²) in [5.41, 5.74) is 2.14. The molecule has 120 valence electrons. The van der Waals surface area contributed by atoms with Crippen molar-refractivity contribution >= 4 is 28.0 Å². The summed E-state index contributed by atoms with van der Waals surface area (Å²) in [5.74, 6) is 0.783. The lowest BCUT2D eigenvalue weighted by atomic mass is 10.1. The third-order valence-electron chi connectivity index (χ3n) is 3.20. The van der Waals surface area contributed by atoms with Crippen molar-refractivity contribution in [3.05, 3.63) is 70.3 Å². The minimum Gasteiger partial charge on any atom is -0.497 e. The van der Waals surface area contributed by atoms with E-state index in [-0.39, 0.29) is 6.03 Å². The first-order chi connectivity index (χ1) is 11.2. The molecular weight excluding hydrogens is 356 g/mol. The molecule has 2 amide bonds. The van der Waals surface area contributed by atoms with Crippen molar-refractivity contribution in [1.82, 2.24) is 10.6 Å². The molecule has 2 aromatic rings. The van der Waals surface area contributed by atoms with Crippen LogP contribution in [0.1, 0.15) is 11.1 Å². The summed E-state index contributed by atoms with van der Waals surface area (Å²) in [7, 11) is 1.62. The molecule has 0 aliphatic carbocycles. The number of benzene rings is 2. The maximum atomic E-state index is 11.7. The van der Waals surface area contributed by atoms with E-state index in [1.54, 1.807) is 13.3 Å². The van der Waals surface area contributed by atoms with Gasteiger partial charge >= 0.3 is 6.03 Å². The van der Waals surface area contributed by atoms with Gasteiger partial charge < -0.3 is 15.4 Å². The van der Waals surface area contributed by atoms with Crippen LogP contribution < -0.4 is 15.4 Å². The summed E-state index contributed by atoms with van der Waals surface area (Å²) < 4.78 is 6.20. The van der Waals surface area contributed by atoms with Gasteiger partial charge in [0.15, 0.2) is 0 Å². The predicted molar refractivity (Wildman–Crippen MR) is 96.4 cm³/mol. The van der Waals surface area contributed by atoms with Crippen molar-refractivity contribution in [2.75, 3.05) is 13.7 Å². The van der Waals surface area contributed by atoms with Crippen molar-refractivity contribution in [2.45, 2.75) is 6.42 Å². The summed E-state index contributed by atoms with van der Waals surface area (Å²) in [6.45, 7) is 0.584. The fourth-order valence-corrected chi connectivity index (χ4v) is 2.25. The van der Waals surface area contributed by atoms with Gasteiger partial charge in [-0.1, -0.05) is 40.2 Å². The zero-order chi connectivity index (χ0) is 16.5. The Morgan fingerprint density at radius 2 is 2.00 bits per heavy atom. The number of hydrogen-bond acceptors (Lipinski definition) is 2. The third-order valence-corrected chi connectivity index (χ3v) is 3.73. The molecule has 5 heteroatoms. The molecule has 0 aliphatic rings. The van der Waals surface area contributed by atoms with E-state index in [0.29, 0.717) is 6.54 Å². The van der Waals surface area contributed by atoms with Crippen molar-refractivity contribution in [3.63, 3.8) is 0 Å². The molecule has 2 aromatic carbocycles. The highest BCUT2D eigenvalue weighted by Gasteiger charge is 1.98. The van der Waals surface area contributed by atoms with Crippen molar-refractivity contribution in [3.8, 4) is 5.75 Å². The van der Waals surface area contributed by atoms with Crippen LogP contribution in [0.3, 0.4) is 0 Å². The number of rotatable bonds is 6. The van der Waals surface area contributed by atoms with Gasteiger partial charge in [-0.05, 0) is 47.9 Å². The molecule has 0 saturated heterocycles. The Morgan fingerprint density at radius 1 is 1.22 bits per heavy atom. The van der Waals surface area contributed by atoms with Crippen molar-refractivity contribution < 1.29 is 9.53 Å². The molecule has 23 heavy (non-hydrogen) atoms. The summed E-state index contributed by atoms with van der Waals surface area (Å²) >= 11 is 3.40. The fourth-order valence-electron chi connectivity index (χ4n) is 1.98. The molecule has 4 nitrogen and oxygen atoms in total. The molecule has 0 unspecified atom stereocenters. The Bertz CT molecular complexity index is 669. The van der Waals surface area contributed by atoms with Crippen LogP contribution in [0, 0.1) is 0 Å². The second-order valence-electron chi connectivity index (χ2n) is 4.89. The largest absolute Gasteiger partial charge is 0.497 e. The van der Waals surface area contributed by atoms with E-state index in [0.717, 1.165) is 22.2 Å². The number of hydrogen-bond donors (Lipinski definition) is 2. The zero-order valence-electron chi connectivity index (χ0n) is 12.9. The van der Waals surface area contributed by atoms with E-state index in [2.05, 4.69) is 26.6 Å². The first-order valence-corrected chi connectivity index (χ1v) is 8.06. The average Bonchev–Trinajstić information content (AvgIpc) is 2.57. The van der Waals surface area contributed by atoms with E-state index in [1.165, 1.54) is 5.56 Å². The molecule has 0 heterocycles. The predicted octanol–water partition coefficient (Wildman–Crippen LogP) is 3.97. The first kappa shape index (κ1) is 17.1. The third kappa shape index (κ3) is 6.16. The van der Waals surface area contributed by atoms with Crippen molar-refractivity contribution in [2.24, 2.45) is 0 Å². The molecule has 0 aliphatic heterocycles. The van der Waals surface area contributed by atoms with E-state index in [1.807, 2.05) is 54.6 Å². The quantitative estimate of drug-likeness (QED) is 0.803. The minimum atomic E-state index is -0.221. The van der Waals surface area contributed by atoms with E-state index < -0.39 is 0 Å². The molecule has 2 rings (SSSR count). The number of carbonyl (C=O) groups excluding carboxylic acids is 1. The summed E-state index contributed by atoms with van der Waals surface area (Å²) in [5, 5.41) is 5.50. The number of halogens is 1. The van der Waals surface area contributed by atoms with Gasteiger partial charge in [0.1, 0.15) is 5.75 Å².